The number of aldehydes is 1. The minimum absolute atomic E-state index is 0.122. The molecule has 0 fully saturated rings. The largest absolute Gasteiger partial charge is 0.476 e. The summed E-state index contributed by atoms with van der Waals surface area (Å²) < 4.78 is 44.0. The van der Waals surface area contributed by atoms with Gasteiger partial charge in [-0.25, -0.2) is 9.78 Å². The Hall–Kier alpha value is -3.20. The van der Waals surface area contributed by atoms with Crippen molar-refractivity contribution in [2.45, 2.75) is 79.7 Å². The van der Waals surface area contributed by atoms with Crippen LogP contribution >= 0.6 is 9.24 Å². The molecular weight excluding hydrogens is 575 g/mol. The molecule has 11 heteroatoms. The highest BCUT2D eigenvalue weighted by molar-refractivity contribution is 7.17. The van der Waals surface area contributed by atoms with Crippen LogP contribution < -0.4 is 10.5 Å². The van der Waals surface area contributed by atoms with E-state index in [1.54, 1.807) is 39.8 Å². The smallest absolute Gasteiger partial charge is 0.349 e. The summed E-state index contributed by atoms with van der Waals surface area (Å²) in [6, 6.07) is 9.70. The molecule has 3 rings (SSSR count). The van der Waals surface area contributed by atoms with Crippen LogP contribution in [0.25, 0.3) is 11.5 Å². The van der Waals surface area contributed by atoms with E-state index in [1.165, 1.54) is 28.4 Å². The first-order valence-electron chi connectivity index (χ1n) is 14.2. The standard InChI is InChI=1S/C29H35F2N2O5P.C2H6.CH5N/c1-7-36-27(35)28(5,6)38-25-18(2)14-21(15-19(25)3)16-33(12-13-34)17-24-20(4)37-26(32-24)22-8-10-23(11-9-22)29(30,31)39;2*1-2/h8-11,13-15H,7,12,16-17,39H2,1-6H3;1-2H3;2H2,1H3. The van der Waals surface area contributed by atoms with Crippen molar-refractivity contribution in [1.29, 1.82) is 0 Å². The number of nitrogens with two attached hydrogens (primary N) is 1. The second-order valence-corrected chi connectivity index (χ2v) is 10.7. The van der Waals surface area contributed by atoms with Gasteiger partial charge in [0.25, 0.3) is 5.66 Å². The Kier molecular flexibility index (Phi) is 15.1. The summed E-state index contributed by atoms with van der Waals surface area (Å²) in [6.07, 6.45) is 0.830. The summed E-state index contributed by atoms with van der Waals surface area (Å²) in [5.41, 5.74) is 4.13. The summed E-state index contributed by atoms with van der Waals surface area (Å²) in [5, 5.41) is 0. The molecule has 1 unspecified atom stereocenters. The van der Waals surface area contributed by atoms with Crippen molar-refractivity contribution >= 4 is 21.5 Å². The molecule has 2 aromatic carbocycles. The van der Waals surface area contributed by atoms with Crippen LogP contribution in [0.15, 0.2) is 40.8 Å². The Bertz CT molecular complexity index is 1300. The van der Waals surface area contributed by atoms with Crippen molar-refractivity contribution in [3.63, 3.8) is 0 Å². The summed E-state index contributed by atoms with van der Waals surface area (Å²) in [4.78, 5) is 30.3. The van der Waals surface area contributed by atoms with Crippen molar-refractivity contribution < 1.29 is 32.3 Å². The molecule has 1 heterocycles. The lowest BCUT2D eigenvalue weighted by Crippen LogP contribution is -2.40. The van der Waals surface area contributed by atoms with Crippen molar-refractivity contribution in [2.24, 2.45) is 5.73 Å². The fraction of sp³-hybridized carbons (Fsp3) is 0.469. The van der Waals surface area contributed by atoms with Gasteiger partial charge in [-0.05, 0) is 77.4 Å². The highest BCUT2D eigenvalue weighted by Crippen LogP contribution is 2.36. The molecular formula is C32H46F2N3O5P. The molecule has 0 bridgehead atoms. The van der Waals surface area contributed by atoms with E-state index < -0.39 is 17.2 Å². The second kappa shape index (κ2) is 17.2. The van der Waals surface area contributed by atoms with Crippen LogP contribution in [-0.2, 0) is 33.1 Å². The van der Waals surface area contributed by atoms with E-state index in [-0.39, 0.29) is 18.7 Å². The van der Waals surface area contributed by atoms with Crippen LogP contribution in [0.2, 0.25) is 0 Å². The summed E-state index contributed by atoms with van der Waals surface area (Å²) >= 11 is 0. The molecule has 0 radical (unpaired) electrons. The number of benzene rings is 2. The van der Waals surface area contributed by atoms with E-state index in [0.717, 1.165) is 23.0 Å². The molecule has 1 aromatic heterocycles. The molecule has 0 amide bonds. The fourth-order valence-corrected chi connectivity index (χ4v) is 4.38. The SMILES string of the molecule is CC.CCOC(=O)C(C)(C)Oc1c(C)cc(CN(CC=O)Cc2nc(-c3ccc(C(F)(F)P)cc3)oc2C)cc1C.CN. The average Bonchev–Trinajstić information content (AvgIpc) is 3.32. The molecule has 238 valence electrons. The summed E-state index contributed by atoms with van der Waals surface area (Å²) in [7, 11) is 3.02. The van der Waals surface area contributed by atoms with Crippen molar-refractivity contribution in [2.75, 3.05) is 20.2 Å². The summed E-state index contributed by atoms with van der Waals surface area (Å²) in [5.74, 6) is 1.08. The van der Waals surface area contributed by atoms with Crippen LogP contribution in [0, 0.1) is 20.8 Å². The lowest BCUT2D eigenvalue weighted by Gasteiger charge is -2.27. The maximum atomic E-state index is 13.5. The van der Waals surface area contributed by atoms with Gasteiger partial charge in [-0.3, -0.25) is 4.90 Å². The molecule has 0 saturated heterocycles. The Morgan fingerprint density at radius 3 is 2.12 bits per heavy atom. The number of aryl methyl sites for hydroxylation is 3. The first-order chi connectivity index (χ1) is 20.2. The zero-order valence-corrected chi connectivity index (χ0v) is 27.9. The van der Waals surface area contributed by atoms with E-state index in [1.807, 2.05) is 44.7 Å². The highest BCUT2D eigenvalue weighted by Gasteiger charge is 2.32. The van der Waals surface area contributed by atoms with Crippen LogP contribution in [0.4, 0.5) is 8.78 Å². The number of aromatic nitrogens is 1. The molecule has 0 aliphatic rings. The summed E-state index contributed by atoms with van der Waals surface area (Å²) in [6.45, 7) is 15.9. The zero-order chi connectivity index (χ0) is 33.0. The molecule has 8 nitrogen and oxygen atoms in total. The number of carbonyl (C=O) groups excluding carboxylic acids is 2. The van der Waals surface area contributed by atoms with Gasteiger partial charge in [0.15, 0.2) is 5.60 Å². The predicted molar refractivity (Wildman–Crippen MR) is 169 cm³/mol. The molecule has 1 atom stereocenters. The molecule has 43 heavy (non-hydrogen) atoms. The lowest BCUT2D eigenvalue weighted by molar-refractivity contribution is -0.158. The number of carbonyl (C=O) groups is 2. The number of halogens is 2. The van der Waals surface area contributed by atoms with E-state index in [0.29, 0.717) is 41.7 Å². The van der Waals surface area contributed by atoms with Crippen molar-refractivity contribution in [3.8, 4) is 17.2 Å². The Labute approximate surface area is 256 Å². The van der Waals surface area contributed by atoms with Gasteiger partial charge in [0.1, 0.15) is 17.8 Å². The maximum absolute atomic E-state index is 13.5. The Balaban J connectivity index is 0.00000221. The number of nitrogens with zero attached hydrogens (tertiary/aromatic N) is 2. The number of hydrogen-bond acceptors (Lipinski definition) is 8. The minimum Gasteiger partial charge on any atom is -0.476 e. The second-order valence-electron chi connectivity index (χ2n) is 9.95. The van der Waals surface area contributed by atoms with Crippen LogP contribution in [0.5, 0.6) is 5.75 Å². The van der Waals surface area contributed by atoms with Crippen molar-refractivity contribution in [1.82, 2.24) is 9.88 Å². The van der Waals surface area contributed by atoms with Crippen LogP contribution in [0.1, 0.15) is 68.3 Å². The van der Waals surface area contributed by atoms with E-state index in [4.69, 9.17) is 13.9 Å². The average molecular weight is 622 g/mol. The van der Waals surface area contributed by atoms with Gasteiger partial charge in [0, 0.05) is 24.2 Å². The third kappa shape index (κ3) is 10.8. The Morgan fingerprint density at radius 1 is 1.07 bits per heavy atom. The number of rotatable bonds is 12. The van der Waals surface area contributed by atoms with Gasteiger partial charge in [-0.2, -0.15) is 8.78 Å². The quantitative estimate of drug-likeness (QED) is 0.135. The third-order valence-corrected chi connectivity index (χ3v) is 6.50. The monoisotopic (exact) mass is 621 g/mol. The number of hydrogen-bond donors (Lipinski definition) is 1. The minimum atomic E-state index is -3.01. The van der Waals surface area contributed by atoms with E-state index >= 15 is 0 Å². The molecule has 0 spiro atoms. The molecule has 0 aliphatic heterocycles. The lowest BCUT2D eigenvalue weighted by atomic mass is 10.0. The first kappa shape index (κ1) is 37.8. The van der Waals surface area contributed by atoms with Crippen LogP contribution in [-0.4, -0.2) is 47.9 Å². The van der Waals surface area contributed by atoms with Gasteiger partial charge in [0.2, 0.25) is 5.89 Å². The fourth-order valence-electron chi connectivity index (χ4n) is 4.19. The highest BCUT2D eigenvalue weighted by atomic mass is 31.0. The number of ether oxygens (including phenoxy) is 2. The van der Waals surface area contributed by atoms with E-state index in [2.05, 4.69) is 10.7 Å². The molecule has 2 N–H and O–H groups in total. The molecule has 0 aliphatic carbocycles. The zero-order valence-electron chi connectivity index (χ0n) is 26.7. The number of alkyl halides is 2. The molecule has 0 saturated carbocycles. The van der Waals surface area contributed by atoms with Gasteiger partial charge in [0.05, 0.1) is 18.8 Å². The third-order valence-electron chi connectivity index (χ3n) is 6.17. The van der Waals surface area contributed by atoms with Gasteiger partial charge in [-0.15, -0.1) is 0 Å². The predicted octanol–water partition coefficient (Wildman–Crippen LogP) is 6.71. The van der Waals surface area contributed by atoms with Gasteiger partial charge < -0.3 is 24.4 Å². The van der Waals surface area contributed by atoms with Crippen LogP contribution in [0.3, 0.4) is 0 Å². The van der Waals surface area contributed by atoms with Gasteiger partial charge >= 0.3 is 5.97 Å². The number of oxazole rings is 1. The normalized spacial score (nSPS) is 11.2. The van der Waals surface area contributed by atoms with Crippen molar-refractivity contribution in [3.05, 3.63) is 70.1 Å². The number of esters is 1. The van der Waals surface area contributed by atoms with E-state index in [9.17, 15) is 18.4 Å². The first-order valence-corrected chi connectivity index (χ1v) is 14.8. The van der Waals surface area contributed by atoms with Gasteiger partial charge in [-0.1, -0.05) is 47.4 Å². The Morgan fingerprint density at radius 2 is 1.63 bits per heavy atom. The maximum Gasteiger partial charge on any atom is 0.349 e. The topological polar surface area (TPSA) is 108 Å². The molecule has 3 aromatic rings.